The van der Waals surface area contributed by atoms with Crippen molar-refractivity contribution < 1.29 is 4.74 Å². The van der Waals surface area contributed by atoms with Crippen molar-refractivity contribution >= 4 is 11.8 Å². The molecule has 2 unspecified atom stereocenters. The van der Waals surface area contributed by atoms with Crippen molar-refractivity contribution in [3.8, 4) is 5.75 Å². The van der Waals surface area contributed by atoms with Crippen LogP contribution in [-0.2, 0) is 0 Å². The van der Waals surface area contributed by atoms with Crippen LogP contribution in [0.15, 0.2) is 24.3 Å². The maximum Gasteiger partial charge on any atom is 0.123 e. The lowest BCUT2D eigenvalue weighted by Crippen LogP contribution is -2.29. The average molecular weight is 253 g/mol. The standard InChI is InChI=1S/C14H23NOS/c1-11(9-10-17-4)15-12(2)13-7-5-6-8-14(13)16-3/h5-8,11-12,15H,9-10H2,1-4H3. The summed E-state index contributed by atoms with van der Waals surface area (Å²) >= 11 is 1.90. The molecule has 0 aromatic heterocycles. The van der Waals surface area contributed by atoms with Gasteiger partial charge in [-0.2, -0.15) is 11.8 Å². The van der Waals surface area contributed by atoms with Gasteiger partial charge >= 0.3 is 0 Å². The minimum absolute atomic E-state index is 0.322. The minimum atomic E-state index is 0.322. The molecule has 0 radical (unpaired) electrons. The summed E-state index contributed by atoms with van der Waals surface area (Å²) in [6, 6.07) is 9.05. The molecule has 1 aromatic rings. The van der Waals surface area contributed by atoms with Gasteiger partial charge in [0.15, 0.2) is 0 Å². The van der Waals surface area contributed by atoms with Crippen molar-refractivity contribution in [3.05, 3.63) is 29.8 Å². The molecule has 0 aliphatic heterocycles. The van der Waals surface area contributed by atoms with E-state index < -0.39 is 0 Å². The lowest BCUT2D eigenvalue weighted by molar-refractivity contribution is 0.394. The quantitative estimate of drug-likeness (QED) is 0.804. The first-order valence-electron chi connectivity index (χ1n) is 6.07. The SMILES string of the molecule is COc1ccccc1C(C)NC(C)CCSC. The van der Waals surface area contributed by atoms with Gasteiger partial charge in [-0.1, -0.05) is 18.2 Å². The topological polar surface area (TPSA) is 21.3 Å². The molecule has 0 heterocycles. The van der Waals surface area contributed by atoms with Crippen molar-refractivity contribution in [1.29, 1.82) is 0 Å². The maximum absolute atomic E-state index is 5.39. The number of para-hydroxylation sites is 1. The van der Waals surface area contributed by atoms with E-state index in [4.69, 9.17) is 4.74 Å². The van der Waals surface area contributed by atoms with E-state index in [2.05, 4.69) is 37.6 Å². The minimum Gasteiger partial charge on any atom is -0.496 e. The van der Waals surface area contributed by atoms with Crippen LogP contribution >= 0.6 is 11.8 Å². The van der Waals surface area contributed by atoms with Crippen molar-refractivity contribution in [2.24, 2.45) is 0 Å². The summed E-state index contributed by atoms with van der Waals surface area (Å²) in [6.45, 7) is 4.43. The Labute approximate surface area is 109 Å². The summed E-state index contributed by atoms with van der Waals surface area (Å²) in [5.41, 5.74) is 1.23. The first kappa shape index (κ1) is 14.4. The summed E-state index contributed by atoms with van der Waals surface area (Å²) in [5.74, 6) is 2.16. The maximum atomic E-state index is 5.39. The molecule has 0 aliphatic carbocycles. The Kier molecular flexibility index (Phi) is 6.45. The Balaban J connectivity index is 2.59. The van der Waals surface area contributed by atoms with Crippen LogP contribution in [0.3, 0.4) is 0 Å². The highest BCUT2D eigenvalue weighted by Gasteiger charge is 2.12. The Morgan fingerprint density at radius 1 is 1.29 bits per heavy atom. The molecule has 0 bridgehead atoms. The smallest absolute Gasteiger partial charge is 0.123 e. The highest BCUT2D eigenvalue weighted by Crippen LogP contribution is 2.24. The molecule has 1 rings (SSSR count). The number of benzene rings is 1. The molecule has 3 heteroatoms. The molecule has 0 aliphatic rings. The Hall–Kier alpha value is -0.670. The van der Waals surface area contributed by atoms with Crippen molar-refractivity contribution in [2.45, 2.75) is 32.4 Å². The van der Waals surface area contributed by atoms with Crippen LogP contribution in [0.1, 0.15) is 31.9 Å². The second-order valence-electron chi connectivity index (χ2n) is 4.31. The van der Waals surface area contributed by atoms with E-state index in [0.29, 0.717) is 12.1 Å². The molecule has 0 spiro atoms. The fourth-order valence-corrected chi connectivity index (χ4v) is 2.51. The molecular weight excluding hydrogens is 230 g/mol. The highest BCUT2D eigenvalue weighted by molar-refractivity contribution is 7.98. The van der Waals surface area contributed by atoms with Gasteiger partial charge in [0, 0.05) is 17.6 Å². The normalized spacial score (nSPS) is 14.4. The van der Waals surface area contributed by atoms with E-state index in [0.717, 1.165) is 5.75 Å². The second kappa shape index (κ2) is 7.62. The van der Waals surface area contributed by atoms with Crippen molar-refractivity contribution in [1.82, 2.24) is 5.32 Å². The number of nitrogens with one attached hydrogen (secondary N) is 1. The molecule has 2 nitrogen and oxygen atoms in total. The van der Waals surface area contributed by atoms with Crippen LogP contribution in [0.4, 0.5) is 0 Å². The lowest BCUT2D eigenvalue weighted by Gasteiger charge is -2.21. The first-order chi connectivity index (χ1) is 8.19. The second-order valence-corrected chi connectivity index (χ2v) is 5.30. The van der Waals surface area contributed by atoms with E-state index in [9.17, 15) is 0 Å². The molecule has 1 aromatic carbocycles. The Morgan fingerprint density at radius 3 is 2.65 bits per heavy atom. The fourth-order valence-electron chi connectivity index (χ4n) is 1.92. The van der Waals surface area contributed by atoms with Crippen LogP contribution in [0.2, 0.25) is 0 Å². The van der Waals surface area contributed by atoms with Gasteiger partial charge in [0.25, 0.3) is 0 Å². The van der Waals surface area contributed by atoms with Crippen LogP contribution in [0.25, 0.3) is 0 Å². The molecule has 17 heavy (non-hydrogen) atoms. The Bertz CT molecular complexity index is 330. The largest absolute Gasteiger partial charge is 0.496 e. The van der Waals surface area contributed by atoms with Gasteiger partial charge in [-0.3, -0.25) is 0 Å². The third-order valence-electron chi connectivity index (χ3n) is 2.89. The zero-order valence-corrected chi connectivity index (χ0v) is 12.0. The van der Waals surface area contributed by atoms with Crippen molar-refractivity contribution in [2.75, 3.05) is 19.1 Å². The van der Waals surface area contributed by atoms with Crippen LogP contribution < -0.4 is 10.1 Å². The van der Waals surface area contributed by atoms with Crippen LogP contribution in [0.5, 0.6) is 5.75 Å². The van der Waals surface area contributed by atoms with Gasteiger partial charge in [-0.05, 0) is 38.3 Å². The zero-order valence-electron chi connectivity index (χ0n) is 11.2. The van der Waals surface area contributed by atoms with Gasteiger partial charge < -0.3 is 10.1 Å². The molecule has 96 valence electrons. The van der Waals surface area contributed by atoms with Crippen LogP contribution in [0, 0.1) is 0 Å². The molecular formula is C14H23NOS. The third kappa shape index (κ3) is 4.60. The summed E-state index contributed by atoms with van der Waals surface area (Å²) in [4.78, 5) is 0. The van der Waals surface area contributed by atoms with E-state index in [-0.39, 0.29) is 0 Å². The fraction of sp³-hybridized carbons (Fsp3) is 0.571. The number of thioether (sulfide) groups is 1. The molecule has 0 saturated heterocycles. The summed E-state index contributed by atoms with van der Waals surface area (Å²) in [5, 5.41) is 3.61. The van der Waals surface area contributed by atoms with Crippen molar-refractivity contribution in [3.63, 3.8) is 0 Å². The molecule has 1 N–H and O–H groups in total. The first-order valence-corrected chi connectivity index (χ1v) is 7.46. The number of hydrogen-bond acceptors (Lipinski definition) is 3. The summed E-state index contributed by atoms with van der Waals surface area (Å²) in [7, 11) is 1.72. The number of rotatable bonds is 7. The number of ether oxygens (including phenoxy) is 1. The molecule has 2 atom stereocenters. The molecule has 0 saturated carbocycles. The summed E-state index contributed by atoms with van der Waals surface area (Å²) in [6.07, 6.45) is 3.34. The predicted octanol–water partition coefficient (Wildman–Crippen LogP) is 3.49. The van der Waals surface area contributed by atoms with Gasteiger partial charge in [0.05, 0.1) is 7.11 Å². The lowest BCUT2D eigenvalue weighted by atomic mass is 10.1. The average Bonchev–Trinajstić information content (AvgIpc) is 2.36. The third-order valence-corrected chi connectivity index (χ3v) is 3.54. The van der Waals surface area contributed by atoms with Gasteiger partial charge in [0.1, 0.15) is 5.75 Å². The van der Waals surface area contributed by atoms with E-state index >= 15 is 0 Å². The van der Waals surface area contributed by atoms with Gasteiger partial charge in [-0.15, -0.1) is 0 Å². The highest BCUT2D eigenvalue weighted by atomic mass is 32.2. The summed E-state index contributed by atoms with van der Waals surface area (Å²) < 4.78 is 5.39. The molecule has 0 amide bonds. The van der Waals surface area contributed by atoms with E-state index in [1.807, 2.05) is 23.9 Å². The predicted molar refractivity (Wildman–Crippen MR) is 77.0 cm³/mol. The number of hydrogen-bond donors (Lipinski definition) is 1. The van der Waals surface area contributed by atoms with Gasteiger partial charge in [-0.25, -0.2) is 0 Å². The Morgan fingerprint density at radius 2 is 2.00 bits per heavy atom. The number of methoxy groups -OCH3 is 1. The van der Waals surface area contributed by atoms with E-state index in [1.165, 1.54) is 17.7 Å². The van der Waals surface area contributed by atoms with Crippen LogP contribution in [-0.4, -0.2) is 25.2 Å². The monoisotopic (exact) mass is 253 g/mol. The zero-order chi connectivity index (χ0) is 12.7. The molecule has 0 fully saturated rings. The van der Waals surface area contributed by atoms with Gasteiger partial charge in [0.2, 0.25) is 0 Å². The van der Waals surface area contributed by atoms with E-state index in [1.54, 1.807) is 7.11 Å².